The van der Waals surface area contributed by atoms with Crippen LogP contribution in [0.15, 0.2) is 60.7 Å². The van der Waals surface area contributed by atoms with E-state index in [1.165, 1.54) is 11.8 Å². The Labute approximate surface area is 155 Å². The van der Waals surface area contributed by atoms with E-state index in [4.69, 9.17) is 0 Å². The van der Waals surface area contributed by atoms with E-state index in [-0.39, 0.29) is 17.2 Å². The fourth-order valence-corrected chi connectivity index (χ4v) is 3.55. The van der Waals surface area contributed by atoms with Crippen LogP contribution in [0.3, 0.4) is 0 Å². The van der Waals surface area contributed by atoms with Crippen molar-refractivity contribution in [2.75, 3.05) is 5.75 Å². The molecule has 0 saturated carbocycles. The molecule has 4 heteroatoms. The van der Waals surface area contributed by atoms with Gasteiger partial charge in [-0.3, -0.25) is 4.79 Å². The normalized spacial score (nSPS) is 13.5. The van der Waals surface area contributed by atoms with Crippen LogP contribution in [0.1, 0.15) is 38.0 Å². The van der Waals surface area contributed by atoms with Crippen LogP contribution in [0.25, 0.3) is 0 Å². The highest BCUT2D eigenvalue weighted by Crippen LogP contribution is 2.23. The standard InChI is InChI=1S/C21H27NO2S/c1-16(2)22(14-18-10-6-4-7-11-18)21(24)17(3)25-15-20(23)19-12-8-5-9-13-19/h4-13,16-17,20,23H,14-15H2,1-3H3. The summed E-state index contributed by atoms with van der Waals surface area (Å²) >= 11 is 1.50. The predicted octanol–water partition coefficient (Wildman–Crippen LogP) is 4.28. The van der Waals surface area contributed by atoms with E-state index in [9.17, 15) is 9.90 Å². The summed E-state index contributed by atoms with van der Waals surface area (Å²) < 4.78 is 0. The van der Waals surface area contributed by atoms with Gasteiger partial charge in [0.05, 0.1) is 11.4 Å². The average Bonchev–Trinajstić information content (AvgIpc) is 2.64. The van der Waals surface area contributed by atoms with Crippen molar-refractivity contribution in [3.8, 4) is 0 Å². The van der Waals surface area contributed by atoms with E-state index >= 15 is 0 Å². The lowest BCUT2D eigenvalue weighted by Crippen LogP contribution is -2.41. The molecule has 0 aliphatic carbocycles. The molecule has 0 fully saturated rings. The number of hydrogen-bond acceptors (Lipinski definition) is 3. The van der Waals surface area contributed by atoms with Gasteiger partial charge < -0.3 is 10.0 Å². The number of aliphatic hydroxyl groups excluding tert-OH is 1. The van der Waals surface area contributed by atoms with Crippen molar-refractivity contribution in [3.05, 3.63) is 71.8 Å². The zero-order valence-electron chi connectivity index (χ0n) is 15.1. The molecule has 3 nitrogen and oxygen atoms in total. The molecule has 0 saturated heterocycles. The van der Waals surface area contributed by atoms with Gasteiger partial charge >= 0.3 is 0 Å². The summed E-state index contributed by atoms with van der Waals surface area (Å²) in [6, 6.07) is 19.8. The van der Waals surface area contributed by atoms with E-state index in [2.05, 4.69) is 0 Å². The average molecular weight is 358 g/mol. The molecule has 134 valence electrons. The molecule has 0 aromatic heterocycles. The fourth-order valence-electron chi connectivity index (χ4n) is 2.61. The van der Waals surface area contributed by atoms with Crippen molar-refractivity contribution in [2.45, 2.75) is 44.7 Å². The summed E-state index contributed by atoms with van der Waals surface area (Å²) in [6.07, 6.45) is -0.553. The monoisotopic (exact) mass is 357 g/mol. The van der Waals surface area contributed by atoms with E-state index in [0.29, 0.717) is 12.3 Å². The van der Waals surface area contributed by atoms with Crippen molar-refractivity contribution in [1.82, 2.24) is 4.90 Å². The first-order valence-corrected chi connectivity index (χ1v) is 9.73. The van der Waals surface area contributed by atoms with Gasteiger partial charge in [-0.15, -0.1) is 11.8 Å². The lowest BCUT2D eigenvalue weighted by Gasteiger charge is -2.29. The number of rotatable bonds is 8. The Morgan fingerprint density at radius 2 is 1.56 bits per heavy atom. The van der Waals surface area contributed by atoms with E-state index < -0.39 is 6.10 Å². The molecule has 2 unspecified atom stereocenters. The van der Waals surface area contributed by atoms with Gasteiger partial charge in [-0.2, -0.15) is 0 Å². The molecule has 0 radical (unpaired) electrons. The summed E-state index contributed by atoms with van der Waals surface area (Å²) in [5, 5.41) is 10.1. The van der Waals surface area contributed by atoms with E-state index in [1.807, 2.05) is 86.3 Å². The molecule has 1 N–H and O–H groups in total. The minimum absolute atomic E-state index is 0.115. The molecule has 0 bridgehead atoms. The Balaban J connectivity index is 1.94. The summed E-state index contributed by atoms with van der Waals surface area (Å²) in [5.41, 5.74) is 2.02. The van der Waals surface area contributed by atoms with Crippen LogP contribution in [-0.4, -0.2) is 33.0 Å². The third-order valence-electron chi connectivity index (χ3n) is 4.14. The minimum atomic E-state index is -0.553. The maximum Gasteiger partial charge on any atom is 0.235 e. The Hall–Kier alpha value is -1.78. The Bertz CT molecular complexity index is 645. The van der Waals surface area contributed by atoms with Gasteiger partial charge in [-0.05, 0) is 31.9 Å². The second-order valence-corrected chi connectivity index (χ2v) is 7.82. The summed E-state index contributed by atoms with van der Waals surface area (Å²) in [7, 11) is 0. The van der Waals surface area contributed by atoms with Crippen molar-refractivity contribution in [2.24, 2.45) is 0 Å². The van der Waals surface area contributed by atoms with Gasteiger partial charge in [0.15, 0.2) is 0 Å². The number of hydrogen-bond donors (Lipinski definition) is 1. The molecule has 1 amide bonds. The maximum atomic E-state index is 12.9. The molecule has 2 rings (SSSR count). The van der Waals surface area contributed by atoms with Crippen LogP contribution in [0.4, 0.5) is 0 Å². The first kappa shape index (κ1) is 19.5. The molecular formula is C21H27NO2S. The van der Waals surface area contributed by atoms with Crippen molar-refractivity contribution in [3.63, 3.8) is 0 Å². The number of amides is 1. The highest BCUT2D eigenvalue weighted by atomic mass is 32.2. The van der Waals surface area contributed by atoms with Crippen LogP contribution in [-0.2, 0) is 11.3 Å². The van der Waals surface area contributed by atoms with Gasteiger partial charge in [0.25, 0.3) is 0 Å². The molecule has 0 heterocycles. The van der Waals surface area contributed by atoms with Crippen LogP contribution < -0.4 is 0 Å². The first-order chi connectivity index (χ1) is 12.0. The summed E-state index contributed by atoms with van der Waals surface area (Å²) in [5.74, 6) is 0.623. The summed E-state index contributed by atoms with van der Waals surface area (Å²) in [4.78, 5) is 14.8. The highest BCUT2D eigenvalue weighted by molar-refractivity contribution is 8.00. The fraction of sp³-hybridized carbons (Fsp3) is 0.381. The lowest BCUT2D eigenvalue weighted by molar-refractivity contribution is -0.132. The van der Waals surface area contributed by atoms with Crippen LogP contribution >= 0.6 is 11.8 Å². The number of carbonyl (C=O) groups excluding carboxylic acids is 1. The number of thioether (sulfide) groups is 1. The van der Waals surface area contributed by atoms with Gasteiger partial charge in [-0.25, -0.2) is 0 Å². The molecule has 25 heavy (non-hydrogen) atoms. The Morgan fingerprint density at radius 3 is 2.12 bits per heavy atom. The molecule has 0 aliphatic heterocycles. The number of nitrogens with zero attached hydrogens (tertiary/aromatic N) is 1. The number of aliphatic hydroxyl groups is 1. The lowest BCUT2D eigenvalue weighted by atomic mass is 10.1. The number of carbonyl (C=O) groups is 1. The zero-order valence-corrected chi connectivity index (χ0v) is 15.9. The number of benzene rings is 2. The maximum absolute atomic E-state index is 12.9. The Morgan fingerprint density at radius 1 is 1.00 bits per heavy atom. The van der Waals surface area contributed by atoms with E-state index in [0.717, 1.165) is 11.1 Å². The second-order valence-electron chi connectivity index (χ2n) is 6.45. The molecule has 2 aromatic carbocycles. The topological polar surface area (TPSA) is 40.5 Å². The largest absolute Gasteiger partial charge is 0.388 e. The van der Waals surface area contributed by atoms with Gasteiger partial charge in [0.1, 0.15) is 0 Å². The van der Waals surface area contributed by atoms with Gasteiger partial charge in [-0.1, -0.05) is 60.7 Å². The minimum Gasteiger partial charge on any atom is -0.388 e. The summed E-state index contributed by atoms with van der Waals surface area (Å²) in [6.45, 7) is 6.61. The molecule has 2 atom stereocenters. The van der Waals surface area contributed by atoms with Crippen molar-refractivity contribution < 1.29 is 9.90 Å². The predicted molar refractivity (Wildman–Crippen MR) is 105 cm³/mol. The van der Waals surface area contributed by atoms with Gasteiger partial charge in [0.2, 0.25) is 5.91 Å². The molecule has 0 spiro atoms. The van der Waals surface area contributed by atoms with Gasteiger partial charge in [0, 0.05) is 18.3 Å². The third kappa shape index (κ3) is 5.91. The van der Waals surface area contributed by atoms with Crippen LogP contribution in [0.5, 0.6) is 0 Å². The van der Waals surface area contributed by atoms with Crippen LogP contribution in [0, 0.1) is 0 Å². The highest BCUT2D eigenvalue weighted by Gasteiger charge is 2.24. The van der Waals surface area contributed by atoms with Crippen molar-refractivity contribution >= 4 is 17.7 Å². The first-order valence-electron chi connectivity index (χ1n) is 8.68. The van der Waals surface area contributed by atoms with E-state index in [1.54, 1.807) is 0 Å². The molecule has 0 aliphatic rings. The SMILES string of the molecule is CC(SCC(O)c1ccccc1)C(=O)N(Cc1ccccc1)C(C)C. The smallest absolute Gasteiger partial charge is 0.235 e. The Kier molecular flexibility index (Phi) is 7.53. The zero-order chi connectivity index (χ0) is 18.2. The molecular weight excluding hydrogens is 330 g/mol. The quantitative estimate of drug-likeness (QED) is 0.767. The third-order valence-corrected chi connectivity index (χ3v) is 5.35. The molecule has 2 aromatic rings. The second kappa shape index (κ2) is 9.64. The van der Waals surface area contributed by atoms with Crippen LogP contribution in [0.2, 0.25) is 0 Å². The van der Waals surface area contributed by atoms with Crippen molar-refractivity contribution in [1.29, 1.82) is 0 Å².